The number of hydrogen-bond acceptors (Lipinski definition) is 6. The summed E-state index contributed by atoms with van der Waals surface area (Å²) in [5.74, 6) is 1.91. The van der Waals surface area contributed by atoms with Gasteiger partial charge in [0.05, 0.1) is 11.4 Å². The molecule has 0 N–H and O–H groups in total. The van der Waals surface area contributed by atoms with Crippen molar-refractivity contribution in [2.24, 2.45) is 0 Å². The molecule has 0 atom stereocenters. The minimum atomic E-state index is -0.218. The lowest BCUT2D eigenvalue weighted by atomic mass is 10.1. The molecular formula is C24H22N2O5S. The van der Waals surface area contributed by atoms with Crippen molar-refractivity contribution in [3.8, 4) is 17.2 Å². The van der Waals surface area contributed by atoms with Gasteiger partial charge in [-0.3, -0.25) is 14.5 Å². The number of carbonyl (C=O) groups excluding carboxylic acids is 2. The van der Waals surface area contributed by atoms with Crippen LogP contribution in [-0.4, -0.2) is 40.6 Å². The Labute approximate surface area is 189 Å². The van der Waals surface area contributed by atoms with Crippen LogP contribution >= 0.6 is 11.8 Å². The minimum Gasteiger partial charge on any atom is -0.492 e. The molecule has 32 heavy (non-hydrogen) atoms. The lowest BCUT2D eigenvalue weighted by molar-refractivity contribution is -0.122. The van der Waals surface area contributed by atoms with Crippen molar-refractivity contribution in [2.75, 3.05) is 19.9 Å². The Morgan fingerprint density at radius 3 is 2.81 bits per heavy atom. The number of thioether (sulfide) groups is 1. The largest absolute Gasteiger partial charge is 0.492 e. The van der Waals surface area contributed by atoms with Gasteiger partial charge in [0.15, 0.2) is 11.5 Å². The summed E-state index contributed by atoms with van der Waals surface area (Å²) in [5.41, 5.74) is 1.95. The molecule has 0 bridgehead atoms. The van der Waals surface area contributed by atoms with Crippen LogP contribution in [0.15, 0.2) is 53.6 Å². The van der Waals surface area contributed by atoms with Crippen LogP contribution in [0.2, 0.25) is 0 Å². The molecule has 5 rings (SSSR count). The van der Waals surface area contributed by atoms with E-state index in [0.717, 1.165) is 46.1 Å². The lowest BCUT2D eigenvalue weighted by Gasteiger charge is -2.09. The van der Waals surface area contributed by atoms with Gasteiger partial charge in [0, 0.05) is 35.3 Å². The fraction of sp³-hybridized carbons (Fsp3) is 0.250. The van der Waals surface area contributed by atoms with Crippen molar-refractivity contribution in [1.29, 1.82) is 0 Å². The maximum absolute atomic E-state index is 12.6. The summed E-state index contributed by atoms with van der Waals surface area (Å²) in [7, 11) is 0. The molecule has 3 heterocycles. The predicted molar refractivity (Wildman–Crippen MR) is 123 cm³/mol. The van der Waals surface area contributed by atoms with Gasteiger partial charge in [-0.15, -0.1) is 0 Å². The molecule has 7 nitrogen and oxygen atoms in total. The van der Waals surface area contributed by atoms with Gasteiger partial charge in [0.25, 0.3) is 11.1 Å². The highest BCUT2D eigenvalue weighted by Crippen LogP contribution is 2.36. The van der Waals surface area contributed by atoms with Crippen molar-refractivity contribution in [1.82, 2.24) is 9.47 Å². The Kier molecular flexibility index (Phi) is 5.53. The molecule has 3 aromatic rings. The highest BCUT2D eigenvalue weighted by atomic mass is 32.2. The molecule has 1 aromatic heterocycles. The fourth-order valence-corrected chi connectivity index (χ4v) is 4.72. The molecule has 1 saturated heterocycles. The van der Waals surface area contributed by atoms with Crippen LogP contribution in [0.5, 0.6) is 17.2 Å². The van der Waals surface area contributed by atoms with Crippen LogP contribution in [0.1, 0.15) is 18.9 Å². The van der Waals surface area contributed by atoms with Crippen LogP contribution in [-0.2, 0) is 11.3 Å². The standard InChI is InChI=1S/C24H22N2O5S/c1-2-9-26-23(27)22(32-24(26)28)12-16-14-25(19-6-4-3-5-18(16)19)10-11-29-17-7-8-20-21(13-17)31-15-30-20/h3-8,12-14H,2,9-11,15H2,1H3/b22-12-. The van der Waals surface area contributed by atoms with E-state index in [1.165, 1.54) is 4.90 Å². The van der Waals surface area contributed by atoms with E-state index in [4.69, 9.17) is 14.2 Å². The Morgan fingerprint density at radius 1 is 1.09 bits per heavy atom. The normalized spacial score (nSPS) is 16.5. The Bertz CT molecular complexity index is 1230. The van der Waals surface area contributed by atoms with Crippen LogP contribution in [0.25, 0.3) is 17.0 Å². The number of amides is 2. The maximum Gasteiger partial charge on any atom is 0.293 e. The Balaban J connectivity index is 1.35. The highest BCUT2D eigenvalue weighted by Gasteiger charge is 2.34. The van der Waals surface area contributed by atoms with Gasteiger partial charge < -0.3 is 18.8 Å². The van der Waals surface area contributed by atoms with Gasteiger partial charge in [-0.2, -0.15) is 0 Å². The van der Waals surface area contributed by atoms with E-state index in [0.29, 0.717) is 30.4 Å². The molecular weight excluding hydrogens is 428 g/mol. The van der Waals surface area contributed by atoms with Crippen molar-refractivity contribution < 1.29 is 23.8 Å². The lowest BCUT2D eigenvalue weighted by Crippen LogP contribution is -2.28. The third kappa shape index (κ3) is 3.82. The van der Waals surface area contributed by atoms with E-state index in [1.807, 2.05) is 61.7 Å². The second-order valence-electron chi connectivity index (χ2n) is 7.49. The number of nitrogens with zero attached hydrogens (tertiary/aromatic N) is 2. The first-order valence-electron chi connectivity index (χ1n) is 10.5. The highest BCUT2D eigenvalue weighted by molar-refractivity contribution is 8.18. The summed E-state index contributed by atoms with van der Waals surface area (Å²) in [4.78, 5) is 26.6. The Morgan fingerprint density at radius 2 is 1.94 bits per heavy atom. The summed E-state index contributed by atoms with van der Waals surface area (Å²) in [6, 6.07) is 13.5. The van der Waals surface area contributed by atoms with E-state index >= 15 is 0 Å². The number of fused-ring (bicyclic) bond motifs is 2. The monoisotopic (exact) mass is 450 g/mol. The van der Waals surface area contributed by atoms with E-state index < -0.39 is 0 Å². The van der Waals surface area contributed by atoms with Crippen molar-refractivity contribution in [2.45, 2.75) is 19.9 Å². The topological polar surface area (TPSA) is 70.0 Å². The fourth-order valence-electron chi connectivity index (χ4n) is 3.86. The summed E-state index contributed by atoms with van der Waals surface area (Å²) in [5, 5.41) is 0.821. The number of aromatic nitrogens is 1. The van der Waals surface area contributed by atoms with Gasteiger partial charge in [-0.05, 0) is 42.5 Å². The van der Waals surface area contributed by atoms with E-state index in [-0.39, 0.29) is 17.9 Å². The SMILES string of the molecule is CCCN1C(=O)S/C(=C\c2cn(CCOc3ccc4c(c3)OCO4)c3ccccc23)C1=O. The second kappa shape index (κ2) is 8.63. The van der Waals surface area contributed by atoms with Gasteiger partial charge in [0.2, 0.25) is 6.79 Å². The number of benzene rings is 2. The first-order chi connectivity index (χ1) is 15.6. The molecule has 2 amide bonds. The zero-order chi connectivity index (χ0) is 22.1. The van der Waals surface area contributed by atoms with Crippen molar-refractivity contribution >= 4 is 39.9 Å². The number of rotatable bonds is 7. The van der Waals surface area contributed by atoms with Gasteiger partial charge in [-0.25, -0.2) is 0 Å². The van der Waals surface area contributed by atoms with Crippen LogP contribution in [0.4, 0.5) is 4.79 Å². The third-order valence-corrected chi connectivity index (χ3v) is 6.28. The molecule has 1 fully saturated rings. The Hall–Kier alpha value is -3.39. The number of imide groups is 1. The van der Waals surface area contributed by atoms with Crippen LogP contribution < -0.4 is 14.2 Å². The second-order valence-corrected chi connectivity index (χ2v) is 8.49. The zero-order valence-electron chi connectivity index (χ0n) is 17.6. The van der Waals surface area contributed by atoms with Crippen molar-refractivity contribution in [3.05, 3.63) is 59.1 Å². The zero-order valence-corrected chi connectivity index (χ0v) is 18.4. The molecule has 8 heteroatoms. The predicted octanol–water partition coefficient (Wildman–Crippen LogP) is 4.90. The first kappa shape index (κ1) is 20.5. The first-order valence-corrected chi connectivity index (χ1v) is 11.3. The number of ether oxygens (including phenoxy) is 3. The number of carbonyl (C=O) groups is 2. The molecule has 0 unspecified atom stereocenters. The molecule has 0 spiro atoms. The smallest absolute Gasteiger partial charge is 0.293 e. The van der Waals surface area contributed by atoms with Crippen LogP contribution in [0, 0.1) is 0 Å². The molecule has 0 saturated carbocycles. The average Bonchev–Trinajstić information content (AvgIpc) is 3.47. The molecule has 0 aliphatic carbocycles. The van der Waals surface area contributed by atoms with E-state index in [1.54, 1.807) is 0 Å². The average molecular weight is 451 g/mol. The summed E-state index contributed by atoms with van der Waals surface area (Å²) in [6.07, 6.45) is 4.56. The molecule has 2 aliphatic rings. The van der Waals surface area contributed by atoms with Gasteiger partial charge in [0.1, 0.15) is 12.4 Å². The summed E-state index contributed by atoms with van der Waals surface area (Å²) >= 11 is 1.00. The maximum atomic E-state index is 12.6. The summed E-state index contributed by atoms with van der Waals surface area (Å²) in [6.45, 7) is 3.72. The number of para-hydroxylation sites is 1. The van der Waals surface area contributed by atoms with E-state index in [2.05, 4.69) is 4.57 Å². The van der Waals surface area contributed by atoms with Crippen molar-refractivity contribution in [3.63, 3.8) is 0 Å². The quantitative estimate of drug-likeness (QED) is 0.477. The molecule has 164 valence electrons. The van der Waals surface area contributed by atoms with Gasteiger partial charge in [-0.1, -0.05) is 25.1 Å². The van der Waals surface area contributed by atoms with E-state index in [9.17, 15) is 9.59 Å². The molecule has 0 radical (unpaired) electrons. The molecule has 2 aliphatic heterocycles. The minimum absolute atomic E-state index is 0.205. The summed E-state index contributed by atoms with van der Waals surface area (Å²) < 4.78 is 18.7. The molecule has 2 aromatic carbocycles. The van der Waals surface area contributed by atoms with Gasteiger partial charge >= 0.3 is 0 Å². The third-order valence-electron chi connectivity index (χ3n) is 5.37. The number of hydrogen-bond donors (Lipinski definition) is 0. The van der Waals surface area contributed by atoms with Crippen LogP contribution in [0.3, 0.4) is 0 Å².